The molecule has 2 aromatic carbocycles. The molecule has 0 heterocycles. The Labute approximate surface area is 222 Å². The predicted octanol–water partition coefficient (Wildman–Crippen LogP) is 4.71. The molecule has 3 nitrogen and oxygen atoms in total. The predicted molar refractivity (Wildman–Crippen MR) is 149 cm³/mol. The second-order valence-corrected chi connectivity index (χ2v) is 22.1. The molecule has 2 rings (SSSR count). The van der Waals surface area contributed by atoms with E-state index in [1.54, 1.807) is 0 Å². The van der Waals surface area contributed by atoms with E-state index in [1.165, 1.54) is 29.2 Å². The van der Waals surface area contributed by atoms with Gasteiger partial charge in [-0.15, -0.1) is 0 Å². The number of hydrogen-bond acceptors (Lipinski definition) is 3. The molecule has 0 fully saturated rings. The number of benzene rings is 2. The van der Waals surface area contributed by atoms with Gasteiger partial charge < -0.3 is 9.84 Å². The molecule has 0 amide bonds. The second kappa shape index (κ2) is 20.4. The standard InChI is InChI=1S/C11H14O2.C9H12O.I3.I2/c1-8-4-5-11(6-9(8)2)7-13-10(3)12;1-7-3-4-9(6-10)5-8(7)2;1-3-2;1-2/h4-6H,7H2,1-3H3;3-5,10H,6H2,1-2H3;;/q;;-1;. The zero-order valence-corrected chi connectivity index (χ0v) is 27.3. The molecule has 0 spiro atoms. The first-order chi connectivity index (χ1) is 13.2. The summed E-state index contributed by atoms with van der Waals surface area (Å²) in [6.07, 6.45) is 0. The fourth-order valence-corrected chi connectivity index (χ4v) is 1.98. The third kappa shape index (κ3) is 16.2. The first-order valence-electron chi connectivity index (χ1n) is 8.12. The van der Waals surface area contributed by atoms with Crippen molar-refractivity contribution in [3.05, 3.63) is 69.8 Å². The molecule has 0 aliphatic carbocycles. The number of halogens is 5. The van der Waals surface area contributed by atoms with Crippen LogP contribution >= 0.6 is 74.5 Å². The number of aliphatic hydroxyl groups is 1. The summed E-state index contributed by atoms with van der Waals surface area (Å²) in [6.45, 7) is 10.2. The number of carbonyl (C=O) groups is 1. The summed E-state index contributed by atoms with van der Waals surface area (Å²) in [5.41, 5.74) is 7.03. The van der Waals surface area contributed by atoms with Gasteiger partial charge in [-0.05, 0) is 61.1 Å². The monoisotopic (exact) mass is 949 g/mol. The zero-order chi connectivity index (χ0) is 22.1. The van der Waals surface area contributed by atoms with Crippen molar-refractivity contribution in [3.63, 3.8) is 0 Å². The first-order valence-corrected chi connectivity index (χ1v) is 27.0. The van der Waals surface area contributed by atoms with Crippen molar-refractivity contribution >= 4 is 80.4 Å². The van der Waals surface area contributed by atoms with Crippen LogP contribution in [0, 0.1) is 27.7 Å². The van der Waals surface area contributed by atoms with Gasteiger partial charge in [-0.3, -0.25) is 4.79 Å². The maximum atomic E-state index is 10.5. The van der Waals surface area contributed by atoms with E-state index in [2.05, 4.69) is 95.2 Å². The summed E-state index contributed by atoms with van der Waals surface area (Å²) >= 11 is 9.54. The molecule has 0 saturated carbocycles. The van der Waals surface area contributed by atoms with Crippen LogP contribution in [-0.2, 0) is 22.7 Å². The number of hydrogen-bond donors (Lipinski definition) is 1. The van der Waals surface area contributed by atoms with Crippen LogP contribution in [0.4, 0.5) is 0 Å². The summed E-state index contributed by atoms with van der Waals surface area (Å²) in [5.74, 6) is -0.238. The summed E-state index contributed by atoms with van der Waals surface area (Å²) in [4.78, 5) is 10.5. The van der Waals surface area contributed by atoms with Crippen molar-refractivity contribution in [3.8, 4) is 0 Å². The molecule has 0 aliphatic rings. The third-order valence-corrected chi connectivity index (χ3v) is 3.77. The number of aryl methyl sites for hydroxylation is 4. The maximum absolute atomic E-state index is 10.5. The first kappa shape index (κ1) is 31.7. The van der Waals surface area contributed by atoms with E-state index in [0.29, 0.717) is 19.9 Å². The molecule has 1 N–H and O–H groups in total. The van der Waals surface area contributed by atoms with Crippen molar-refractivity contribution in [1.82, 2.24) is 0 Å². The van der Waals surface area contributed by atoms with Crippen LogP contribution in [0.5, 0.6) is 0 Å². The number of aliphatic hydroxyl groups excluding tert-OH is 1. The van der Waals surface area contributed by atoms with Crippen LogP contribution in [0.3, 0.4) is 0 Å². The van der Waals surface area contributed by atoms with Crippen molar-refractivity contribution in [2.24, 2.45) is 0 Å². The number of ether oxygens (including phenoxy) is 1. The van der Waals surface area contributed by atoms with Crippen molar-refractivity contribution in [2.75, 3.05) is 0 Å². The van der Waals surface area contributed by atoms with Gasteiger partial charge in [-0.25, -0.2) is 0 Å². The third-order valence-electron chi connectivity index (χ3n) is 3.77. The molecular formula is C20H26I5O3-. The molecule has 0 unspecified atom stereocenters. The minimum absolute atomic E-state index is 0.140. The van der Waals surface area contributed by atoms with Crippen molar-refractivity contribution < 1.29 is 27.9 Å². The minimum atomic E-state index is -0.238. The van der Waals surface area contributed by atoms with Gasteiger partial charge in [-0.2, -0.15) is 0 Å². The van der Waals surface area contributed by atoms with Gasteiger partial charge in [0.05, 0.1) is 6.61 Å². The van der Waals surface area contributed by atoms with E-state index in [-0.39, 0.29) is 12.6 Å². The molecule has 2 aromatic rings. The van der Waals surface area contributed by atoms with E-state index < -0.39 is 0 Å². The van der Waals surface area contributed by atoms with E-state index >= 15 is 0 Å². The average molecular weight is 949 g/mol. The molecule has 8 heteroatoms. The van der Waals surface area contributed by atoms with Crippen molar-refractivity contribution in [2.45, 2.75) is 47.8 Å². The van der Waals surface area contributed by atoms with Crippen molar-refractivity contribution in [1.29, 1.82) is 0 Å². The quantitative estimate of drug-likeness (QED) is 0.359. The summed E-state index contributed by atoms with van der Waals surface area (Å²) in [5, 5.41) is 8.75. The Morgan fingerprint density at radius 3 is 1.64 bits per heavy atom. The number of esters is 1. The van der Waals surface area contributed by atoms with Crippen LogP contribution in [0.2, 0.25) is 0 Å². The average Bonchev–Trinajstić information content (AvgIpc) is 2.67. The van der Waals surface area contributed by atoms with E-state index in [4.69, 9.17) is 9.84 Å². The van der Waals surface area contributed by atoms with Crippen LogP contribution in [-0.4, -0.2) is 11.1 Å². The SMILES string of the molecule is CC(=O)OCc1ccc(C)c(C)c1.Cc1ccc(CO)cc1C.II.I[I-]I. The van der Waals surface area contributed by atoms with Gasteiger partial charge in [0.15, 0.2) is 0 Å². The van der Waals surface area contributed by atoms with E-state index in [1.807, 2.05) is 43.3 Å². The molecule has 0 bridgehead atoms. The molecule has 0 aliphatic heterocycles. The Bertz CT molecular complexity index is 694. The second-order valence-electron chi connectivity index (χ2n) is 5.83. The number of carbonyl (C=O) groups excluding carboxylic acids is 1. The molecule has 160 valence electrons. The topological polar surface area (TPSA) is 46.5 Å². The van der Waals surface area contributed by atoms with Gasteiger partial charge in [0.25, 0.3) is 0 Å². The Morgan fingerprint density at radius 1 is 0.893 bits per heavy atom. The fraction of sp³-hybridized carbons (Fsp3) is 0.350. The van der Waals surface area contributed by atoms with Gasteiger partial charge in [0.2, 0.25) is 0 Å². The van der Waals surface area contributed by atoms with Gasteiger partial charge >= 0.3 is 56.5 Å². The van der Waals surface area contributed by atoms with Crippen LogP contribution in [0.1, 0.15) is 40.3 Å². The normalized spacial score (nSPS) is 9.07. The Kier molecular flexibility index (Phi) is 23.1. The van der Waals surface area contributed by atoms with Crippen LogP contribution < -0.4 is 13.3 Å². The Morgan fingerprint density at radius 2 is 1.29 bits per heavy atom. The van der Waals surface area contributed by atoms with Crippen LogP contribution in [0.25, 0.3) is 0 Å². The molecule has 0 atom stereocenters. The molecule has 0 saturated heterocycles. The van der Waals surface area contributed by atoms with E-state index in [9.17, 15) is 4.79 Å². The molecule has 0 aromatic heterocycles. The summed E-state index contributed by atoms with van der Waals surface area (Å²) in [6, 6.07) is 12.0. The van der Waals surface area contributed by atoms with E-state index in [0.717, 1.165) is 11.1 Å². The molecule has 28 heavy (non-hydrogen) atoms. The van der Waals surface area contributed by atoms with Crippen LogP contribution in [0.15, 0.2) is 36.4 Å². The van der Waals surface area contributed by atoms with Gasteiger partial charge in [-0.1, -0.05) is 36.4 Å². The molecular weight excluding hydrogens is 923 g/mol. The van der Waals surface area contributed by atoms with Gasteiger partial charge in [0.1, 0.15) is 6.61 Å². The zero-order valence-electron chi connectivity index (χ0n) is 16.5. The molecule has 0 radical (unpaired) electrons. The Balaban J connectivity index is 0. The number of rotatable bonds is 3. The van der Waals surface area contributed by atoms with Gasteiger partial charge in [0, 0.05) is 44.2 Å². The summed E-state index contributed by atoms with van der Waals surface area (Å²) in [7, 11) is 0. The summed E-state index contributed by atoms with van der Waals surface area (Å²) < 4.78 is 4.88. The Hall–Kier alpha value is 1.52. The fourth-order valence-electron chi connectivity index (χ4n) is 1.98.